The summed E-state index contributed by atoms with van der Waals surface area (Å²) in [5.41, 5.74) is 2.82. The van der Waals surface area contributed by atoms with Crippen LogP contribution in [0.15, 0.2) is 52.6 Å². The van der Waals surface area contributed by atoms with Gasteiger partial charge in [-0.3, -0.25) is 0 Å². The molecule has 0 atom stereocenters. The Labute approximate surface area is 200 Å². The lowest BCUT2D eigenvalue weighted by Crippen LogP contribution is -2.11. The molecule has 0 spiro atoms. The molecule has 176 valence electrons. The first-order chi connectivity index (χ1) is 16.0. The lowest BCUT2D eigenvalue weighted by molar-refractivity contribution is 0.0653. The van der Waals surface area contributed by atoms with Crippen molar-refractivity contribution in [2.24, 2.45) is 0 Å². The molecule has 0 aliphatic rings. The van der Waals surface area contributed by atoms with E-state index in [1.807, 2.05) is 55.6 Å². The number of benzene rings is 1. The molecular weight excluding hydrogens is 440 g/mol. The zero-order valence-corrected chi connectivity index (χ0v) is 20.2. The fraction of sp³-hybridized carbons (Fsp3) is 0.385. The van der Waals surface area contributed by atoms with Gasteiger partial charge in [-0.25, -0.2) is 9.78 Å². The summed E-state index contributed by atoms with van der Waals surface area (Å²) >= 11 is 6.45. The van der Waals surface area contributed by atoms with Gasteiger partial charge in [0.25, 0.3) is 0 Å². The van der Waals surface area contributed by atoms with Crippen molar-refractivity contribution in [1.82, 2.24) is 9.55 Å². The third-order valence-corrected chi connectivity index (χ3v) is 5.56. The van der Waals surface area contributed by atoms with Crippen LogP contribution in [0.2, 0.25) is 5.02 Å². The molecule has 0 amide bonds. The van der Waals surface area contributed by atoms with E-state index in [9.17, 15) is 4.79 Å². The van der Waals surface area contributed by atoms with Crippen molar-refractivity contribution in [2.45, 2.75) is 53.0 Å². The first-order valence-electron chi connectivity index (χ1n) is 11.3. The van der Waals surface area contributed by atoms with Crippen LogP contribution in [0.25, 0.3) is 6.08 Å². The number of furan rings is 1. The largest absolute Gasteiger partial charge is 0.508 e. The Bertz CT molecular complexity index is 1080. The average molecular weight is 471 g/mol. The van der Waals surface area contributed by atoms with E-state index >= 15 is 0 Å². The van der Waals surface area contributed by atoms with Crippen LogP contribution in [0.5, 0.6) is 0 Å². The molecular formula is C26H31ClN2O4. The number of halogens is 1. The first kappa shape index (κ1) is 24.6. The zero-order valence-electron chi connectivity index (χ0n) is 19.5. The molecule has 0 N–H and O–H groups in total. The molecule has 0 saturated carbocycles. The molecule has 3 rings (SSSR count). The third kappa shape index (κ3) is 7.26. The van der Waals surface area contributed by atoms with Crippen LogP contribution in [0.1, 0.15) is 55.3 Å². The van der Waals surface area contributed by atoms with Gasteiger partial charge in [-0.1, -0.05) is 43.1 Å². The molecule has 2 heterocycles. The lowest BCUT2D eigenvalue weighted by Gasteiger charge is -2.13. The minimum atomic E-state index is -0.688. The minimum absolute atomic E-state index is 0.0974. The van der Waals surface area contributed by atoms with Crippen LogP contribution in [-0.2, 0) is 28.9 Å². The molecule has 0 bridgehead atoms. The molecule has 0 saturated heterocycles. The van der Waals surface area contributed by atoms with Crippen LogP contribution in [-0.4, -0.2) is 28.9 Å². The van der Waals surface area contributed by atoms with Gasteiger partial charge in [0.15, 0.2) is 0 Å². The van der Waals surface area contributed by atoms with E-state index in [4.69, 9.17) is 25.5 Å². The number of carbonyl (C=O) groups excluding carboxylic acids is 1. The molecule has 7 heteroatoms. The molecule has 0 unspecified atom stereocenters. The monoisotopic (exact) mass is 470 g/mol. The topological polar surface area (TPSA) is 66.5 Å². The van der Waals surface area contributed by atoms with Gasteiger partial charge in [0.2, 0.25) is 0 Å². The number of aromatic nitrogens is 2. The first-order valence-corrected chi connectivity index (χ1v) is 11.7. The summed E-state index contributed by atoms with van der Waals surface area (Å²) in [5.74, 6) is 2.64. The van der Waals surface area contributed by atoms with Crippen LogP contribution >= 0.6 is 11.6 Å². The molecule has 2 aromatic heterocycles. The van der Waals surface area contributed by atoms with Gasteiger partial charge in [0.05, 0.1) is 25.0 Å². The number of ether oxygens (including phenoxy) is 2. The van der Waals surface area contributed by atoms with Gasteiger partial charge in [-0.05, 0) is 55.7 Å². The Morgan fingerprint density at radius 2 is 2.00 bits per heavy atom. The molecule has 33 heavy (non-hydrogen) atoms. The van der Waals surface area contributed by atoms with E-state index in [1.165, 1.54) is 0 Å². The maximum Gasteiger partial charge on any atom is 0.508 e. The Kier molecular flexibility index (Phi) is 9.19. The summed E-state index contributed by atoms with van der Waals surface area (Å²) < 4.78 is 18.2. The van der Waals surface area contributed by atoms with E-state index in [1.54, 1.807) is 6.92 Å². The molecule has 6 nitrogen and oxygen atoms in total. The molecule has 0 aliphatic carbocycles. The fourth-order valence-corrected chi connectivity index (χ4v) is 3.72. The Morgan fingerprint density at radius 1 is 1.18 bits per heavy atom. The van der Waals surface area contributed by atoms with E-state index < -0.39 is 6.16 Å². The Morgan fingerprint density at radius 3 is 2.70 bits per heavy atom. The normalized spacial score (nSPS) is 11.6. The third-order valence-electron chi connectivity index (χ3n) is 5.20. The number of rotatable bonds is 11. The number of nitrogens with zero attached hydrogens (tertiary/aromatic N) is 2. The van der Waals surface area contributed by atoms with Crippen molar-refractivity contribution in [2.75, 3.05) is 13.2 Å². The number of carbonyl (C=O) groups is 1. The summed E-state index contributed by atoms with van der Waals surface area (Å²) in [4.78, 5) is 16.5. The second-order valence-electron chi connectivity index (χ2n) is 7.84. The van der Waals surface area contributed by atoms with Crippen molar-refractivity contribution in [3.8, 4) is 0 Å². The number of hydrogen-bond acceptors (Lipinski definition) is 5. The minimum Gasteiger partial charge on any atom is -0.466 e. The van der Waals surface area contributed by atoms with E-state index in [2.05, 4.69) is 16.5 Å². The number of unbranched alkanes of at least 4 members (excludes halogenated alkanes) is 1. The van der Waals surface area contributed by atoms with Crippen LogP contribution in [0, 0.1) is 6.92 Å². The van der Waals surface area contributed by atoms with Gasteiger partial charge in [-0.2, -0.15) is 0 Å². The number of hydrogen-bond donors (Lipinski definition) is 0. The fourth-order valence-electron chi connectivity index (χ4n) is 3.53. The number of imidazole rings is 1. The Balaban J connectivity index is 1.93. The van der Waals surface area contributed by atoms with Crippen LogP contribution in [0.3, 0.4) is 0 Å². The maximum absolute atomic E-state index is 11.8. The van der Waals surface area contributed by atoms with E-state index in [0.717, 1.165) is 58.5 Å². The van der Waals surface area contributed by atoms with Crippen LogP contribution in [0.4, 0.5) is 4.79 Å². The van der Waals surface area contributed by atoms with Gasteiger partial charge >= 0.3 is 6.16 Å². The summed E-state index contributed by atoms with van der Waals surface area (Å²) in [6.45, 7) is 6.78. The SMILES string of the molecule is CCCCc1ncc(/C=C(/COC(=O)OCC)Cc2ccc(C)o2)n1Cc1ccccc1Cl. The highest BCUT2D eigenvalue weighted by atomic mass is 35.5. The second kappa shape index (κ2) is 12.3. The van der Waals surface area contributed by atoms with E-state index in [-0.39, 0.29) is 13.2 Å². The summed E-state index contributed by atoms with van der Waals surface area (Å²) in [7, 11) is 0. The maximum atomic E-state index is 11.8. The summed E-state index contributed by atoms with van der Waals surface area (Å²) in [6, 6.07) is 11.7. The van der Waals surface area contributed by atoms with Crippen molar-refractivity contribution < 1.29 is 18.7 Å². The molecule has 3 aromatic rings. The quantitative estimate of drug-likeness (QED) is 0.294. The van der Waals surface area contributed by atoms with Crippen molar-refractivity contribution in [1.29, 1.82) is 0 Å². The standard InChI is InChI=1S/C26H31ClN2O4/c1-4-6-11-25-28-16-22(29(25)17-21-9-7-8-10-24(21)27)14-20(18-32-26(30)31-5-2)15-23-13-12-19(3)33-23/h7-10,12-14,16H,4-6,11,15,17-18H2,1-3H3/b20-14+. The predicted molar refractivity (Wildman–Crippen MR) is 129 cm³/mol. The predicted octanol–water partition coefficient (Wildman–Crippen LogP) is 6.63. The summed E-state index contributed by atoms with van der Waals surface area (Å²) in [5, 5.41) is 0.722. The van der Waals surface area contributed by atoms with Crippen molar-refractivity contribution in [3.05, 3.63) is 81.8 Å². The number of aryl methyl sites for hydroxylation is 2. The van der Waals surface area contributed by atoms with Crippen LogP contribution < -0.4 is 0 Å². The van der Waals surface area contributed by atoms with Gasteiger partial charge < -0.3 is 18.5 Å². The highest BCUT2D eigenvalue weighted by Crippen LogP contribution is 2.22. The molecule has 0 fully saturated rings. The molecule has 1 aromatic carbocycles. The van der Waals surface area contributed by atoms with Crippen molar-refractivity contribution in [3.63, 3.8) is 0 Å². The lowest BCUT2D eigenvalue weighted by atomic mass is 10.1. The van der Waals surface area contributed by atoms with Crippen molar-refractivity contribution >= 4 is 23.8 Å². The van der Waals surface area contributed by atoms with Gasteiger partial charge in [0.1, 0.15) is 24.0 Å². The highest BCUT2D eigenvalue weighted by molar-refractivity contribution is 6.31. The summed E-state index contributed by atoms with van der Waals surface area (Å²) in [6.07, 6.45) is 6.70. The second-order valence-corrected chi connectivity index (χ2v) is 8.25. The Hall–Kier alpha value is -2.99. The van der Waals surface area contributed by atoms with Gasteiger partial charge in [0, 0.05) is 17.9 Å². The highest BCUT2D eigenvalue weighted by Gasteiger charge is 2.14. The average Bonchev–Trinajstić information content (AvgIpc) is 3.38. The zero-order chi connectivity index (χ0) is 23.6. The molecule has 0 aliphatic heterocycles. The molecule has 0 radical (unpaired) electrons. The smallest absolute Gasteiger partial charge is 0.466 e. The van der Waals surface area contributed by atoms with E-state index in [0.29, 0.717) is 13.0 Å². The van der Waals surface area contributed by atoms with Gasteiger partial charge in [-0.15, -0.1) is 0 Å².